The van der Waals surface area contributed by atoms with E-state index in [2.05, 4.69) is 19.2 Å². The van der Waals surface area contributed by atoms with Gasteiger partial charge in [0.05, 0.1) is 13.0 Å². The first-order valence-electron chi connectivity index (χ1n) is 9.55. The molecule has 2 aromatic carbocycles. The molecule has 0 spiro atoms. The Morgan fingerprint density at radius 2 is 1.46 bits per heavy atom. The first-order valence-corrected chi connectivity index (χ1v) is 9.55. The Kier molecular flexibility index (Phi) is 7.61. The number of hydrogen-bond acceptors (Lipinski definition) is 4. The second-order valence-electron chi connectivity index (χ2n) is 7.52. The van der Waals surface area contributed by atoms with Crippen LogP contribution in [0.15, 0.2) is 48.5 Å². The van der Waals surface area contributed by atoms with E-state index in [0.29, 0.717) is 12.3 Å². The molecule has 2 N–H and O–H groups in total. The molecule has 0 unspecified atom stereocenters. The van der Waals surface area contributed by atoms with E-state index in [4.69, 9.17) is 4.74 Å². The number of phenols is 1. The number of ether oxygens (including phenoxy) is 1. The van der Waals surface area contributed by atoms with E-state index in [1.165, 1.54) is 12.7 Å². The molecule has 0 aliphatic heterocycles. The van der Waals surface area contributed by atoms with Crippen LogP contribution in [0.5, 0.6) is 5.75 Å². The van der Waals surface area contributed by atoms with Gasteiger partial charge in [-0.1, -0.05) is 50.2 Å². The largest absolute Gasteiger partial charge is 0.508 e. The molecule has 28 heavy (non-hydrogen) atoms. The van der Waals surface area contributed by atoms with Crippen molar-refractivity contribution in [1.82, 2.24) is 5.32 Å². The van der Waals surface area contributed by atoms with Gasteiger partial charge >= 0.3 is 5.97 Å². The van der Waals surface area contributed by atoms with Crippen molar-refractivity contribution in [2.45, 2.75) is 45.6 Å². The first kappa shape index (κ1) is 21.5. The number of phenolic OH excluding ortho intramolecular Hbond substituents is 1. The number of nitrogens with one attached hydrogen (secondary N) is 1. The topological polar surface area (TPSA) is 75.6 Å². The molecular formula is C23H29NO4. The lowest BCUT2D eigenvalue weighted by molar-refractivity contribution is -0.145. The number of methoxy groups -OCH3 is 1. The van der Waals surface area contributed by atoms with E-state index >= 15 is 0 Å². The standard InChI is InChI=1S/C23H29NO4/c1-15(2)13-17-5-9-19(10-6-17)16(3)22(26)24-21(23(27)28-4)14-18-7-11-20(25)12-8-18/h5-12,15-16,21,25H,13-14H2,1-4H3,(H,24,26)/t16-,21+/m1/s1. The van der Waals surface area contributed by atoms with Gasteiger partial charge in [0.25, 0.3) is 0 Å². The number of aromatic hydroxyl groups is 1. The summed E-state index contributed by atoms with van der Waals surface area (Å²) in [6.45, 7) is 6.16. The highest BCUT2D eigenvalue weighted by Crippen LogP contribution is 2.19. The van der Waals surface area contributed by atoms with Crippen LogP contribution >= 0.6 is 0 Å². The van der Waals surface area contributed by atoms with Crippen molar-refractivity contribution in [3.05, 3.63) is 65.2 Å². The van der Waals surface area contributed by atoms with Gasteiger partial charge < -0.3 is 15.2 Å². The third kappa shape index (κ3) is 6.12. The number of rotatable bonds is 8. The third-order valence-electron chi connectivity index (χ3n) is 4.70. The summed E-state index contributed by atoms with van der Waals surface area (Å²) in [5, 5.41) is 12.2. The van der Waals surface area contributed by atoms with Crippen molar-refractivity contribution < 1.29 is 19.4 Å². The van der Waals surface area contributed by atoms with Crippen LogP contribution in [0.4, 0.5) is 0 Å². The summed E-state index contributed by atoms with van der Waals surface area (Å²) in [4.78, 5) is 24.9. The van der Waals surface area contributed by atoms with E-state index < -0.39 is 12.0 Å². The summed E-state index contributed by atoms with van der Waals surface area (Å²) >= 11 is 0. The minimum Gasteiger partial charge on any atom is -0.508 e. The summed E-state index contributed by atoms with van der Waals surface area (Å²) in [6, 6.07) is 13.8. The van der Waals surface area contributed by atoms with Gasteiger partial charge in [-0.05, 0) is 48.1 Å². The van der Waals surface area contributed by atoms with Crippen LogP contribution in [0.2, 0.25) is 0 Å². The molecule has 2 aromatic rings. The normalized spacial score (nSPS) is 13.0. The lowest BCUT2D eigenvalue weighted by Crippen LogP contribution is -2.44. The van der Waals surface area contributed by atoms with Gasteiger partial charge in [0, 0.05) is 6.42 Å². The number of carbonyl (C=O) groups is 2. The molecule has 0 aliphatic rings. The quantitative estimate of drug-likeness (QED) is 0.683. The highest BCUT2D eigenvalue weighted by Gasteiger charge is 2.25. The summed E-state index contributed by atoms with van der Waals surface area (Å²) in [5.74, 6) is -0.393. The fraction of sp³-hybridized carbons (Fsp3) is 0.391. The number of benzene rings is 2. The van der Waals surface area contributed by atoms with Crippen LogP contribution < -0.4 is 5.32 Å². The maximum atomic E-state index is 12.7. The molecule has 2 atom stereocenters. The van der Waals surface area contributed by atoms with Crippen molar-refractivity contribution >= 4 is 11.9 Å². The van der Waals surface area contributed by atoms with E-state index in [1.54, 1.807) is 24.3 Å². The highest BCUT2D eigenvalue weighted by molar-refractivity contribution is 5.88. The van der Waals surface area contributed by atoms with Crippen LogP contribution in [-0.4, -0.2) is 30.1 Å². The lowest BCUT2D eigenvalue weighted by atomic mass is 9.95. The molecule has 0 aliphatic carbocycles. The predicted molar refractivity (Wildman–Crippen MR) is 109 cm³/mol. The molecule has 0 bridgehead atoms. The van der Waals surface area contributed by atoms with Gasteiger partial charge in [-0.25, -0.2) is 4.79 Å². The monoisotopic (exact) mass is 383 g/mol. The zero-order chi connectivity index (χ0) is 20.7. The zero-order valence-electron chi connectivity index (χ0n) is 16.9. The minimum atomic E-state index is -0.787. The van der Waals surface area contributed by atoms with Crippen LogP contribution in [0, 0.1) is 5.92 Å². The van der Waals surface area contributed by atoms with E-state index in [1.807, 2.05) is 31.2 Å². The molecular weight excluding hydrogens is 354 g/mol. The molecule has 0 heterocycles. The summed E-state index contributed by atoms with van der Waals surface area (Å²) in [5.41, 5.74) is 2.96. The van der Waals surface area contributed by atoms with Crippen molar-refractivity contribution in [3.63, 3.8) is 0 Å². The fourth-order valence-electron chi connectivity index (χ4n) is 3.07. The predicted octanol–water partition coefficient (Wildman–Crippen LogP) is 3.59. The number of amides is 1. The maximum absolute atomic E-state index is 12.7. The molecule has 150 valence electrons. The van der Waals surface area contributed by atoms with E-state index in [-0.39, 0.29) is 17.6 Å². The summed E-state index contributed by atoms with van der Waals surface area (Å²) in [6.07, 6.45) is 1.29. The van der Waals surface area contributed by atoms with Crippen LogP contribution in [0.3, 0.4) is 0 Å². The first-order chi connectivity index (χ1) is 13.3. The summed E-state index contributed by atoms with van der Waals surface area (Å²) < 4.78 is 4.84. The van der Waals surface area contributed by atoms with Crippen molar-refractivity contribution in [2.75, 3.05) is 7.11 Å². The van der Waals surface area contributed by atoms with Gasteiger partial charge in [0.15, 0.2) is 0 Å². The number of hydrogen-bond donors (Lipinski definition) is 2. The van der Waals surface area contributed by atoms with Crippen molar-refractivity contribution in [1.29, 1.82) is 0 Å². The molecule has 0 saturated heterocycles. The van der Waals surface area contributed by atoms with Gasteiger partial charge in [-0.3, -0.25) is 4.79 Å². The SMILES string of the molecule is COC(=O)[C@H](Cc1ccc(O)cc1)NC(=O)[C@H](C)c1ccc(CC(C)C)cc1. The smallest absolute Gasteiger partial charge is 0.328 e. The highest BCUT2D eigenvalue weighted by atomic mass is 16.5. The minimum absolute atomic E-state index is 0.150. The molecule has 2 rings (SSSR count). The van der Waals surface area contributed by atoms with Gasteiger partial charge in [-0.2, -0.15) is 0 Å². The average molecular weight is 383 g/mol. The van der Waals surface area contributed by atoms with Crippen LogP contribution in [0.1, 0.15) is 43.4 Å². The number of esters is 1. The Balaban J connectivity index is 2.07. The Bertz CT molecular complexity index is 781. The van der Waals surface area contributed by atoms with Crippen LogP contribution in [0.25, 0.3) is 0 Å². The lowest BCUT2D eigenvalue weighted by Gasteiger charge is -2.20. The van der Waals surface area contributed by atoms with E-state index in [9.17, 15) is 14.7 Å². The van der Waals surface area contributed by atoms with Crippen molar-refractivity contribution in [2.24, 2.45) is 5.92 Å². The third-order valence-corrected chi connectivity index (χ3v) is 4.70. The average Bonchev–Trinajstić information content (AvgIpc) is 2.68. The molecule has 0 aromatic heterocycles. The summed E-state index contributed by atoms with van der Waals surface area (Å²) in [7, 11) is 1.30. The van der Waals surface area contributed by atoms with Gasteiger partial charge in [-0.15, -0.1) is 0 Å². The van der Waals surface area contributed by atoms with Crippen molar-refractivity contribution in [3.8, 4) is 5.75 Å². The molecule has 0 saturated carbocycles. The Morgan fingerprint density at radius 1 is 0.929 bits per heavy atom. The Labute approximate surface area is 166 Å². The fourth-order valence-corrected chi connectivity index (χ4v) is 3.07. The van der Waals surface area contributed by atoms with Gasteiger partial charge in [0.2, 0.25) is 5.91 Å². The zero-order valence-corrected chi connectivity index (χ0v) is 16.9. The van der Waals surface area contributed by atoms with E-state index in [0.717, 1.165) is 17.5 Å². The van der Waals surface area contributed by atoms with Gasteiger partial charge in [0.1, 0.15) is 11.8 Å². The molecule has 5 heteroatoms. The molecule has 0 radical (unpaired) electrons. The molecule has 5 nitrogen and oxygen atoms in total. The second kappa shape index (κ2) is 9.93. The molecule has 1 amide bonds. The number of carbonyl (C=O) groups excluding carboxylic acids is 2. The van der Waals surface area contributed by atoms with Crippen LogP contribution in [-0.2, 0) is 27.2 Å². The Morgan fingerprint density at radius 3 is 2.00 bits per heavy atom. The Hall–Kier alpha value is -2.82. The molecule has 0 fully saturated rings. The maximum Gasteiger partial charge on any atom is 0.328 e. The second-order valence-corrected chi connectivity index (χ2v) is 7.52.